The first-order valence-corrected chi connectivity index (χ1v) is 10.9. The van der Waals surface area contributed by atoms with Crippen molar-refractivity contribution in [3.63, 3.8) is 0 Å². The third-order valence-corrected chi connectivity index (χ3v) is 5.85. The molecule has 6 nitrogen and oxygen atoms in total. The van der Waals surface area contributed by atoms with E-state index in [1.165, 1.54) is 19.1 Å². The molecule has 0 fully saturated rings. The highest BCUT2D eigenvalue weighted by Gasteiger charge is 2.25. The van der Waals surface area contributed by atoms with Crippen LogP contribution in [0.1, 0.15) is 34.5 Å². The number of carbonyl (C=O) groups excluding carboxylic acids is 2. The molecule has 1 aliphatic rings. The third-order valence-electron chi connectivity index (χ3n) is 5.85. The van der Waals surface area contributed by atoms with Crippen LogP contribution in [0.3, 0.4) is 0 Å². The van der Waals surface area contributed by atoms with Gasteiger partial charge in [0.25, 0.3) is 5.91 Å². The standard InChI is InChI=1S/C27H22FNO5/c1-16-12-23-24(4-3-5-25(23)34-17(2)30)29(16)27(31)18-6-9-21(10-7-18)32-14-19-15-33-26-13-20(28)8-11-22(19)26/h3-13,19H,14-15H2,1-2H3/t19-/m1/s1. The van der Waals surface area contributed by atoms with E-state index >= 15 is 0 Å². The van der Waals surface area contributed by atoms with E-state index < -0.39 is 5.97 Å². The van der Waals surface area contributed by atoms with Crippen LogP contribution < -0.4 is 14.2 Å². The lowest BCUT2D eigenvalue weighted by Crippen LogP contribution is -2.14. The van der Waals surface area contributed by atoms with Crippen LogP contribution in [0.5, 0.6) is 17.2 Å². The number of nitrogens with zero attached hydrogens (tertiary/aromatic N) is 1. The number of hydrogen-bond donors (Lipinski definition) is 0. The van der Waals surface area contributed by atoms with Crippen LogP contribution in [0, 0.1) is 12.7 Å². The van der Waals surface area contributed by atoms with Gasteiger partial charge in [-0.05, 0) is 55.5 Å². The number of halogens is 1. The average molecular weight is 459 g/mol. The lowest BCUT2D eigenvalue weighted by Gasteiger charge is -2.12. The van der Waals surface area contributed by atoms with Gasteiger partial charge < -0.3 is 14.2 Å². The molecule has 0 bridgehead atoms. The van der Waals surface area contributed by atoms with E-state index in [9.17, 15) is 14.0 Å². The highest BCUT2D eigenvalue weighted by atomic mass is 19.1. The summed E-state index contributed by atoms with van der Waals surface area (Å²) in [4.78, 5) is 24.7. The zero-order valence-electron chi connectivity index (χ0n) is 18.7. The SMILES string of the molecule is CC(=O)Oc1cccc2c1cc(C)n2C(=O)c1ccc(OC[C@@H]2COc3cc(F)ccc32)cc1. The number of fused-ring (bicyclic) bond motifs is 2. The van der Waals surface area contributed by atoms with Gasteiger partial charge >= 0.3 is 5.97 Å². The minimum absolute atomic E-state index is 0.0113. The van der Waals surface area contributed by atoms with Crippen molar-refractivity contribution in [2.24, 2.45) is 0 Å². The Morgan fingerprint density at radius 3 is 2.65 bits per heavy atom. The molecule has 0 spiro atoms. The molecule has 0 saturated carbocycles. The Morgan fingerprint density at radius 1 is 1.09 bits per heavy atom. The number of carbonyl (C=O) groups is 2. The van der Waals surface area contributed by atoms with Crippen LogP contribution >= 0.6 is 0 Å². The summed E-state index contributed by atoms with van der Waals surface area (Å²) in [6.07, 6.45) is 0. The van der Waals surface area contributed by atoms with Gasteiger partial charge in [0.1, 0.15) is 23.1 Å². The minimum atomic E-state index is -0.417. The molecule has 0 radical (unpaired) electrons. The Hall–Kier alpha value is -4.13. The van der Waals surface area contributed by atoms with Crippen molar-refractivity contribution >= 4 is 22.8 Å². The minimum Gasteiger partial charge on any atom is -0.493 e. The van der Waals surface area contributed by atoms with Gasteiger partial charge in [0.15, 0.2) is 0 Å². The van der Waals surface area contributed by atoms with Gasteiger partial charge in [-0.1, -0.05) is 12.1 Å². The second kappa shape index (κ2) is 8.67. The lowest BCUT2D eigenvalue weighted by atomic mass is 10.0. The molecular weight excluding hydrogens is 437 g/mol. The highest BCUT2D eigenvalue weighted by molar-refractivity contribution is 6.04. The Balaban J connectivity index is 1.32. The summed E-state index contributed by atoms with van der Waals surface area (Å²) < 4.78 is 31.7. The first-order chi connectivity index (χ1) is 16.4. The van der Waals surface area contributed by atoms with Crippen LogP contribution in [-0.4, -0.2) is 29.7 Å². The molecule has 34 heavy (non-hydrogen) atoms. The normalized spacial score (nSPS) is 14.5. The molecule has 5 rings (SSSR count). The van der Waals surface area contributed by atoms with Gasteiger partial charge in [-0.25, -0.2) is 4.39 Å². The quantitative estimate of drug-likeness (QED) is 0.301. The molecule has 0 saturated heterocycles. The number of ether oxygens (including phenoxy) is 3. The summed E-state index contributed by atoms with van der Waals surface area (Å²) >= 11 is 0. The molecule has 1 atom stereocenters. The van der Waals surface area contributed by atoms with E-state index in [1.807, 2.05) is 19.1 Å². The summed E-state index contributed by atoms with van der Waals surface area (Å²) in [5, 5.41) is 0.697. The van der Waals surface area contributed by atoms with Gasteiger partial charge in [-0.15, -0.1) is 0 Å². The maximum Gasteiger partial charge on any atom is 0.308 e. The number of benzene rings is 3. The fraction of sp³-hybridized carbons (Fsp3) is 0.185. The smallest absolute Gasteiger partial charge is 0.308 e. The molecular formula is C27H22FNO5. The van der Waals surface area contributed by atoms with Gasteiger partial charge in [-0.3, -0.25) is 14.2 Å². The van der Waals surface area contributed by atoms with Crippen LogP contribution in [0.25, 0.3) is 10.9 Å². The summed E-state index contributed by atoms with van der Waals surface area (Å²) in [6, 6.07) is 18.6. The Kier molecular flexibility index (Phi) is 5.53. The highest BCUT2D eigenvalue weighted by Crippen LogP contribution is 2.35. The zero-order chi connectivity index (χ0) is 23.8. The Bertz CT molecular complexity index is 1410. The van der Waals surface area contributed by atoms with Crippen molar-refractivity contribution in [3.05, 3.63) is 89.4 Å². The molecule has 0 N–H and O–H groups in total. The molecule has 1 aromatic heterocycles. The molecule has 0 unspecified atom stereocenters. The monoisotopic (exact) mass is 459 g/mol. The van der Waals surface area contributed by atoms with Crippen molar-refractivity contribution in [3.8, 4) is 17.2 Å². The third kappa shape index (κ3) is 4.01. The van der Waals surface area contributed by atoms with E-state index in [0.29, 0.717) is 46.9 Å². The summed E-state index contributed by atoms with van der Waals surface area (Å²) in [6.45, 7) is 3.99. The van der Waals surface area contributed by atoms with Crippen molar-refractivity contribution < 1.29 is 28.2 Å². The summed E-state index contributed by atoms with van der Waals surface area (Å²) in [5.74, 6) is 0.674. The Morgan fingerprint density at radius 2 is 1.88 bits per heavy atom. The number of hydrogen-bond acceptors (Lipinski definition) is 5. The van der Waals surface area contributed by atoms with Crippen molar-refractivity contribution in [1.82, 2.24) is 4.57 Å². The average Bonchev–Trinajstić information content (AvgIpc) is 3.37. The van der Waals surface area contributed by atoms with Gasteiger partial charge in [0.05, 0.1) is 24.6 Å². The Labute approximate surface area is 195 Å². The van der Waals surface area contributed by atoms with E-state index in [-0.39, 0.29) is 17.6 Å². The predicted molar refractivity (Wildman–Crippen MR) is 124 cm³/mol. The molecule has 0 aliphatic carbocycles. The maximum absolute atomic E-state index is 13.4. The zero-order valence-corrected chi connectivity index (χ0v) is 18.7. The van der Waals surface area contributed by atoms with E-state index in [4.69, 9.17) is 14.2 Å². The van der Waals surface area contributed by atoms with Crippen molar-refractivity contribution in [2.45, 2.75) is 19.8 Å². The molecule has 4 aromatic rings. The van der Waals surface area contributed by atoms with Gasteiger partial charge in [-0.2, -0.15) is 0 Å². The van der Waals surface area contributed by atoms with Crippen molar-refractivity contribution in [2.75, 3.05) is 13.2 Å². The first kappa shape index (κ1) is 21.7. The summed E-state index contributed by atoms with van der Waals surface area (Å²) in [5.41, 5.74) is 2.82. The van der Waals surface area contributed by atoms with Crippen LogP contribution in [0.15, 0.2) is 66.7 Å². The van der Waals surface area contributed by atoms with Crippen LogP contribution in [0.4, 0.5) is 4.39 Å². The molecule has 0 amide bonds. The van der Waals surface area contributed by atoms with Crippen LogP contribution in [-0.2, 0) is 4.79 Å². The molecule has 7 heteroatoms. The fourth-order valence-corrected chi connectivity index (χ4v) is 4.26. The second-order valence-electron chi connectivity index (χ2n) is 8.23. The van der Waals surface area contributed by atoms with E-state index in [2.05, 4.69) is 0 Å². The lowest BCUT2D eigenvalue weighted by molar-refractivity contribution is -0.131. The molecule has 172 valence electrons. The largest absolute Gasteiger partial charge is 0.493 e. The fourth-order valence-electron chi connectivity index (χ4n) is 4.26. The van der Waals surface area contributed by atoms with Gasteiger partial charge in [0, 0.05) is 35.2 Å². The first-order valence-electron chi connectivity index (χ1n) is 10.9. The number of aromatic nitrogens is 1. The van der Waals surface area contributed by atoms with Crippen LogP contribution in [0.2, 0.25) is 0 Å². The number of rotatable bonds is 5. The van der Waals surface area contributed by atoms with E-state index in [0.717, 1.165) is 11.3 Å². The van der Waals surface area contributed by atoms with Gasteiger partial charge in [0.2, 0.25) is 0 Å². The number of aryl methyl sites for hydroxylation is 1. The topological polar surface area (TPSA) is 66.8 Å². The van der Waals surface area contributed by atoms with Crippen molar-refractivity contribution in [1.29, 1.82) is 0 Å². The van der Waals surface area contributed by atoms with E-state index in [1.54, 1.807) is 47.0 Å². The molecule has 1 aliphatic heterocycles. The molecule has 2 heterocycles. The second-order valence-corrected chi connectivity index (χ2v) is 8.23. The summed E-state index contributed by atoms with van der Waals surface area (Å²) in [7, 11) is 0. The number of esters is 1. The molecule has 3 aromatic carbocycles. The predicted octanol–water partition coefficient (Wildman–Crippen LogP) is 5.26. The maximum atomic E-state index is 13.4.